The quantitative estimate of drug-likeness (QED) is 0.289. The van der Waals surface area contributed by atoms with Crippen LogP contribution in [0.25, 0.3) is 10.8 Å². The van der Waals surface area contributed by atoms with E-state index in [9.17, 15) is 14.4 Å². The first-order chi connectivity index (χ1) is 20.0. The van der Waals surface area contributed by atoms with Gasteiger partial charge in [-0.2, -0.15) is 0 Å². The Morgan fingerprint density at radius 3 is 2.44 bits per heavy atom. The molecule has 1 aliphatic heterocycles. The summed E-state index contributed by atoms with van der Waals surface area (Å²) in [5.74, 6) is -0.0760. The zero-order valence-electron chi connectivity index (χ0n) is 22.7. The molecule has 2 atom stereocenters. The standard InChI is InChI=1S/C32H33N5O4/c33-29-26-14-13-24(18-25(26)15-16-34-29)20-35-30(38)28-12-7-17-37(28)31(39)27(19-22-8-3-1-4-9-22)36-32(40)41-21-23-10-5-2-6-11-23/h1-6,8-11,13-16,18,27-28H,7,12,17,19-21H2,(H2,33,34)(H,35,38)(H,36,40). The van der Waals surface area contributed by atoms with Crippen LogP contribution < -0.4 is 16.4 Å². The van der Waals surface area contributed by atoms with Crippen LogP contribution in [-0.4, -0.2) is 46.4 Å². The minimum Gasteiger partial charge on any atom is -0.445 e. The average Bonchev–Trinajstić information content (AvgIpc) is 3.49. The molecule has 1 fully saturated rings. The Morgan fingerprint density at radius 2 is 1.68 bits per heavy atom. The van der Waals surface area contributed by atoms with Gasteiger partial charge in [-0.25, -0.2) is 9.78 Å². The third kappa shape index (κ3) is 7.00. The van der Waals surface area contributed by atoms with Gasteiger partial charge in [0.05, 0.1) is 0 Å². The molecule has 0 aliphatic carbocycles. The van der Waals surface area contributed by atoms with Gasteiger partial charge in [0.25, 0.3) is 0 Å². The van der Waals surface area contributed by atoms with Gasteiger partial charge in [0.15, 0.2) is 0 Å². The first-order valence-corrected chi connectivity index (χ1v) is 13.7. The summed E-state index contributed by atoms with van der Waals surface area (Å²) >= 11 is 0. The highest BCUT2D eigenvalue weighted by atomic mass is 16.5. The highest BCUT2D eigenvalue weighted by molar-refractivity contribution is 5.93. The third-order valence-corrected chi connectivity index (χ3v) is 7.25. The maximum atomic E-state index is 13.8. The number of benzene rings is 3. The third-order valence-electron chi connectivity index (χ3n) is 7.25. The summed E-state index contributed by atoms with van der Waals surface area (Å²) in [7, 11) is 0. The maximum Gasteiger partial charge on any atom is 0.408 e. The van der Waals surface area contributed by atoms with E-state index < -0.39 is 18.2 Å². The number of pyridine rings is 1. The minimum atomic E-state index is -0.881. The summed E-state index contributed by atoms with van der Waals surface area (Å²) in [5, 5.41) is 7.53. The molecule has 3 aromatic carbocycles. The summed E-state index contributed by atoms with van der Waals surface area (Å²) in [5.41, 5.74) is 8.60. The second-order valence-electron chi connectivity index (χ2n) is 10.1. The van der Waals surface area contributed by atoms with E-state index in [2.05, 4.69) is 15.6 Å². The molecule has 4 N–H and O–H groups in total. The van der Waals surface area contributed by atoms with E-state index in [0.29, 0.717) is 31.7 Å². The van der Waals surface area contributed by atoms with Crippen molar-refractivity contribution >= 4 is 34.5 Å². The number of nitrogens with zero attached hydrogens (tertiary/aromatic N) is 2. The van der Waals surface area contributed by atoms with Gasteiger partial charge in [-0.3, -0.25) is 9.59 Å². The van der Waals surface area contributed by atoms with Crippen LogP contribution >= 0.6 is 0 Å². The number of hydrogen-bond donors (Lipinski definition) is 3. The molecule has 9 heteroatoms. The molecule has 1 saturated heterocycles. The summed E-state index contributed by atoms with van der Waals surface area (Å²) < 4.78 is 5.40. The normalized spacial score (nSPS) is 15.3. The molecule has 210 valence electrons. The number of aromatic nitrogens is 1. The lowest BCUT2D eigenvalue weighted by atomic mass is 10.0. The summed E-state index contributed by atoms with van der Waals surface area (Å²) in [6.07, 6.45) is 2.49. The Labute approximate surface area is 238 Å². The number of rotatable bonds is 9. The van der Waals surface area contributed by atoms with Crippen molar-refractivity contribution in [2.75, 3.05) is 12.3 Å². The number of anilines is 1. The van der Waals surface area contributed by atoms with E-state index in [1.54, 1.807) is 11.1 Å². The lowest BCUT2D eigenvalue weighted by Gasteiger charge is -2.28. The van der Waals surface area contributed by atoms with Gasteiger partial charge in [-0.1, -0.05) is 72.8 Å². The number of nitrogens with two attached hydrogens (primary N) is 1. The number of carbonyl (C=O) groups excluding carboxylic acids is 3. The highest BCUT2D eigenvalue weighted by Gasteiger charge is 2.37. The SMILES string of the molecule is Nc1nccc2cc(CNC(=O)C3CCCN3C(=O)C(Cc3ccccc3)NC(=O)OCc3ccccc3)ccc12. The van der Waals surface area contributed by atoms with Crippen LogP contribution in [0.1, 0.15) is 29.5 Å². The summed E-state index contributed by atoms with van der Waals surface area (Å²) in [4.78, 5) is 45.5. The topological polar surface area (TPSA) is 127 Å². The molecule has 5 rings (SSSR count). The van der Waals surface area contributed by atoms with Crippen LogP contribution in [0.5, 0.6) is 0 Å². The van der Waals surface area contributed by atoms with Crippen molar-refractivity contribution in [1.82, 2.24) is 20.5 Å². The molecule has 9 nitrogen and oxygen atoms in total. The first-order valence-electron chi connectivity index (χ1n) is 13.7. The molecule has 1 aromatic heterocycles. The Hall–Kier alpha value is -4.92. The fourth-order valence-corrected chi connectivity index (χ4v) is 5.13. The molecule has 3 amide bonds. The van der Waals surface area contributed by atoms with E-state index >= 15 is 0 Å². The Morgan fingerprint density at radius 1 is 0.951 bits per heavy atom. The number of carbonyl (C=O) groups is 3. The van der Waals surface area contributed by atoms with Crippen molar-refractivity contribution in [3.8, 4) is 0 Å². The molecule has 0 saturated carbocycles. The number of amides is 3. The first kappa shape index (κ1) is 27.6. The Bertz CT molecular complexity index is 1510. The predicted molar refractivity (Wildman–Crippen MR) is 156 cm³/mol. The number of alkyl carbamates (subject to hydrolysis) is 1. The summed E-state index contributed by atoms with van der Waals surface area (Å²) in [6, 6.07) is 24.9. The molecular formula is C32H33N5O4. The maximum absolute atomic E-state index is 13.8. The summed E-state index contributed by atoms with van der Waals surface area (Å²) in [6.45, 7) is 0.837. The zero-order chi connectivity index (χ0) is 28.6. The molecule has 0 bridgehead atoms. The van der Waals surface area contributed by atoms with E-state index in [-0.39, 0.29) is 24.8 Å². The van der Waals surface area contributed by atoms with Crippen molar-refractivity contribution in [3.05, 3.63) is 108 Å². The van der Waals surface area contributed by atoms with E-state index in [1.165, 1.54) is 0 Å². The van der Waals surface area contributed by atoms with Gasteiger partial charge in [0, 0.05) is 31.1 Å². The zero-order valence-corrected chi connectivity index (χ0v) is 22.7. The Balaban J connectivity index is 1.24. The molecule has 41 heavy (non-hydrogen) atoms. The molecule has 2 unspecified atom stereocenters. The predicted octanol–water partition coefficient (Wildman–Crippen LogP) is 3.96. The van der Waals surface area contributed by atoms with Gasteiger partial charge in [0.1, 0.15) is 24.5 Å². The van der Waals surface area contributed by atoms with Gasteiger partial charge in [-0.05, 0) is 47.1 Å². The van der Waals surface area contributed by atoms with E-state index in [0.717, 1.165) is 27.5 Å². The second kappa shape index (κ2) is 13.0. The highest BCUT2D eigenvalue weighted by Crippen LogP contribution is 2.22. The molecule has 0 spiro atoms. The van der Waals surface area contributed by atoms with E-state index in [4.69, 9.17) is 10.5 Å². The smallest absolute Gasteiger partial charge is 0.408 e. The lowest BCUT2D eigenvalue weighted by molar-refractivity contribution is -0.140. The van der Waals surface area contributed by atoms with Crippen LogP contribution in [-0.2, 0) is 33.9 Å². The van der Waals surface area contributed by atoms with Crippen LogP contribution in [0.4, 0.5) is 10.6 Å². The van der Waals surface area contributed by atoms with Gasteiger partial charge in [-0.15, -0.1) is 0 Å². The molecule has 2 heterocycles. The van der Waals surface area contributed by atoms with Gasteiger partial charge < -0.3 is 26.0 Å². The number of fused-ring (bicyclic) bond motifs is 1. The number of likely N-dealkylation sites (tertiary alicyclic amines) is 1. The fraction of sp³-hybridized carbons (Fsp3) is 0.250. The van der Waals surface area contributed by atoms with Crippen LogP contribution in [0, 0.1) is 0 Å². The van der Waals surface area contributed by atoms with Crippen molar-refractivity contribution in [2.45, 2.75) is 44.5 Å². The van der Waals surface area contributed by atoms with Crippen molar-refractivity contribution in [2.24, 2.45) is 0 Å². The second-order valence-corrected chi connectivity index (χ2v) is 10.1. The number of nitrogen functional groups attached to an aromatic ring is 1. The average molecular weight is 552 g/mol. The van der Waals surface area contributed by atoms with Crippen molar-refractivity contribution < 1.29 is 19.1 Å². The van der Waals surface area contributed by atoms with Crippen molar-refractivity contribution in [1.29, 1.82) is 0 Å². The molecule has 0 radical (unpaired) electrons. The number of hydrogen-bond acceptors (Lipinski definition) is 6. The number of nitrogens with one attached hydrogen (secondary N) is 2. The van der Waals surface area contributed by atoms with Crippen LogP contribution in [0.2, 0.25) is 0 Å². The fourth-order valence-electron chi connectivity index (χ4n) is 5.13. The number of ether oxygens (including phenoxy) is 1. The van der Waals surface area contributed by atoms with Gasteiger partial charge >= 0.3 is 6.09 Å². The molecule has 1 aliphatic rings. The lowest BCUT2D eigenvalue weighted by Crippen LogP contribution is -2.54. The molecular weight excluding hydrogens is 518 g/mol. The minimum absolute atomic E-state index is 0.0888. The van der Waals surface area contributed by atoms with Crippen molar-refractivity contribution in [3.63, 3.8) is 0 Å². The molecule has 4 aromatic rings. The Kier molecular flexibility index (Phi) is 8.73. The monoisotopic (exact) mass is 551 g/mol. The van der Waals surface area contributed by atoms with Crippen LogP contribution in [0.15, 0.2) is 91.1 Å². The van der Waals surface area contributed by atoms with Gasteiger partial charge in [0.2, 0.25) is 11.8 Å². The largest absolute Gasteiger partial charge is 0.445 e. The van der Waals surface area contributed by atoms with Crippen LogP contribution in [0.3, 0.4) is 0 Å². The van der Waals surface area contributed by atoms with E-state index in [1.807, 2.05) is 84.9 Å².